The number of ether oxygens (including phenoxy) is 1. The molecule has 3 atom stereocenters. The van der Waals surface area contributed by atoms with Gasteiger partial charge in [-0.25, -0.2) is 0 Å². The summed E-state index contributed by atoms with van der Waals surface area (Å²) in [5.41, 5.74) is 1.01. The van der Waals surface area contributed by atoms with Crippen LogP contribution in [0.5, 0.6) is 5.75 Å². The van der Waals surface area contributed by atoms with Gasteiger partial charge >= 0.3 is 5.97 Å². The Morgan fingerprint density at radius 1 is 1.42 bits per heavy atom. The third kappa shape index (κ3) is 2.86. The van der Waals surface area contributed by atoms with Crippen molar-refractivity contribution in [1.82, 2.24) is 5.32 Å². The molecule has 102 valence electrons. The Kier molecular flexibility index (Phi) is 3.74. The predicted molar refractivity (Wildman–Crippen MR) is 69.1 cm³/mol. The van der Waals surface area contributed by atoms with Crippen LogP contribution in [0.3, 0.4) is 0 Å². The largest absolute Gasteiger partial charge is 0.496 e. The summed E-state index contributed by atoms with van der Waals surface area (Å²) in [6.45, 7) is 1.46. The number of carboxylic acids is 1. The summed E-state index contributed by atoms with van der Waals surface area (Å²) in [5, 5.41) is 11.3. The average Bonchev–Trinajstić information content (AvgIpc) is 3.18. The summed E-state index contributed by atoms with van der Waals surface area (Å²) in [4.78, 5) is 22.6. The van der Waals surface area contributed by atoms with Gasteiger partial charge in [-0.15, -0.1) is 0 Å². The van der Waals surface area contributed by atoms with Crippen LogP contribution in [-0.2, 0) is 9.59 Å². The number of aliphatic carboxylic acids is 1. The number of rotatable bonds is 5. The summed E-state index contributed by atoms with van der Waals surface area (Å²) in [6, 6.07) is 6.74. The van der Waals surface area contributed by atoms with Gasteiger partial charge in [-0.2, -0.15) is 0 Å². The van der Waals surface area contributed by atoms with Crippen LogP contribution in [-0.4, -0.2) is 30.1 Å². The molecule has 5 nitrogen and oxygen atoms in total. The Morgan fingerprint density at radius 2 is 2.11 bits per heavy atom. The molecule has 2 rings (SSSR count). The second kappa shape index (κ2) is 5.30. The lowest BCUT2D eigenvalue weighted by atomic mass is 10.1. The lowest BCUT2D eigenvalue weighted by molar-refractivity contribution is -0.141. The van der Waals surface area contributed by atoms with Crippen LogP contribution in [0.4, 0.5) is 0 Å². The zero-order chi connectivity index (χ0) is 14.0. The quantitative estimate of drug-likeness (QED) is 0.841. The van der Waals surface area contributed by atoms with Crippen molar-refractivity contribution in [2.75, 3.05) is 7.11 Å². The SMILES string of the molecule is COc1ccccc1[C@@H]1C[C@H]1C(=O)N[C@H](C)C(=O)O. The van der Waals surface area contributed by atoms with E-state index in [0.29, 0.717) is 0 Å². The summed E-state index contributed by atoms with van der Waals surface area (Å²) in [5.74, 6) is -0.488. The molecule has 0 heterocycles. The molecule has 2 N–H and O–H groups in total. The number of methoxy groups -OCH3 is 1. The van der Waals surface area contributed by atoms with E-state index < -0.39 is 12.0 Å². The Balaban J connectivity index is 2.00. The number of carbonyl (C=O) groups is 2. The zero-order valence-electron chi connectivity index (χ0n) is 10.9. The van der Waals surface area contributed by atoms with Crippen molar-refractivity contribution in [2.45, 2.75) is 25.3 Å². The number of nitrogens with one attached hydrogen (secondary N) is 1. The van der Waals surface area contributed by atoms with E-state index in [-0.39, 0.29) is 17.7 Å². The van der Waals surface area contributed by atoms with Gasteiger partial charge in [-0.3, -0.25) is 9.59 Å². The maximum atomic E-state index is 11.9. The molecule has 0 radical (unpaired) electrons. The molecule has 0 unspecified atom stereocenters. The van der Waals surface area contributed by atoms with Crippen molar-refractivity contribution < 1.29 is 19.4 Å². The Bertz CT molecular complexity index is 500. The molecule has 1 saturated carbocycles. The first kappa shape index (κ1) is 13.4. The van der Waals surface area contributed by atoms with Crippen molar-refractivity contribution in [3.05, 3.63) is 29.8 Å². The second-order valence-electron chi connectivity index (χ2n) is 4.76. The van der Waals surface area contributed by atoms with E-state index >= 15 is 0 Å². The molecule has 1 amide bonds. The fourth-order valence-corrected chi connectivity index (χ4v) is 2.18. The van der Waals surface area contributed by atoms with Crippen molar-refractivity contribution >= 4 is 11.9 Å². The summed E-state index contributed by atoms with van der Waals surface area (Å²) < 4.78 is 5.27. The van der Waals surface area contributed by atoms with Crippen LogP contribution in [0.15, 0.2) is 24.3 Å². The molecule has 1 aromatic carbocycles. The molecular formula is C14H17NO4. The average molecular weight is 263 g/mol. The van der Waals surface area contributed by atoms with Crippen LogP contribution in [0.2, 0.25) is 0 Å². The van der Waals surface area contributed by atoms with E-state index in [2.05, 4.69) is 5.32 Å². The minimum atomic E-state index is -1.03. The molecule has 0 aliphatic heterocycles. The van der Waals surface area contributed by atoms with E-state index in [9.17, 15) is 9.59 Å². The van der Waals surface area contributed by atoms with Gasteiger partial charge in [0.1, 0.15) is 11.8 Å². The lowest BCUT2D eigenvalue weighted by Crippen LogP contribution is -2.39. The predicted octanol–water partition coefficient (Wildman–Crippen LogP) is 1.39. The molecule has 1 fully saturated rings. The van der Waals surface area contributed by atoms with Gasteiger partial charge in [0, 0.05) is 5.92 Å². The Morgan fingerprint density at radius 3 is 2.74 bits per heavy atom. The number of carboxylic acid groups (broad SMARTS) is 1. The molecule has 1 aliphatic carbocycles. The van der Waals surface area contributed by atoms with Crippen LogP contribution >= 0.6 is 0 Å². The van der Waals surface area contributed by atoms with E-state index in [1.807, 2.05) is 24.3 Å². The third-order valence-corrected chi connectivity index (χ3v) is 3.39. The number of carbonyl (C=O) groups excluding carboxylic acids is 1. The first-order chi connectivity index (χ1) is 9.04. The monoisotopic (exact) mass is 263 g/mol. The standard InChI is InChI=1S/C14H17NO4/c1-8(14(17)18)15-13(16)11-7-10(11)9-5-3-4-6-12(9)19-2/h3-6,8,10-11H,7H2,1-2H3,(H,15,16)(H,17,18)/t8-,10+,11-/m1/s1. The smallest absolute Gasteiger partial charge is 0.325 e. The van der Waals surface area contributed by atoms with E-state index in [1.165, 1.54) is 6.92 Å². The van der Waals surface area contributed by atoms with Crippen molar-refractivity contribution in [3.8, 4) is 5.75 Å². The van der Waals surface area contributed by atoms with Crippen LogP contribution < -0.4 is 10.1 Å². The maximum absolute atomic E-state index is 11.9. The fourth-order valence-electron chi connectivity index (χ4n) is 2.18. The van der Waals surface area contributed by atoms with E-state index in [4.69, 9.17) is 9.84 Å². The van der Waals surface area contributed by atoms with Gasteiger partial charge in [0.15, 0.2) is 0 Å². The van der Waals surface area contributed by atoms with E-state index in [1.54, 1.807) is 7.11 Å². The topological polar surface area (TPSA) is 75.6 Å². The molecule has 1 aromatic rings. The Hall–Kier alpha value is -2.04. The highest BCUT2D eigenvalue weighted by Gasteiger charge is 2.45. The molecule has 0 aromatic heterocycles. The number of benzene rings is 1. The first-order valence-corrected chi connectivity index (χ1v) is 6.20. The van der Waals surface area contributed by atoms with Gasteiger partial charge < -0.3 is 15.2 Å². The maximum Gasteiger partial charge on any atom is 0.325 e. The normalized spacial score (nSPS) is 22.4. The fraction of sp³-hybridized carbons (Fsp3) is 0.429. The number of para-hydroxylation sites is 1. The highest BCUT2D eigenvalue weighted by molar-refractivity contribution is 5.87. The van der Waals surface area contributed by atoms with Gasteiger partial charge in [0.05, 0.1) is 7.11 Å². The molecule has 5 heteroatoms. The van der Waals surface area contributed by atoms with Crippen molar-refractivity contribution in [2.24, 2.45) is 5.92 Å². The van der Waals surface area contributed by atoms with Crippen LogP contribution in [0.25, 0.3) is 0 Å². The zero-order valence-corrected chi connectivity index (χ0v) is 10.9. The highest BCUT2D eigenvalue weighted by Crippen LogP contribution is 2.50. The van der Waals surface area contributed by atoms with Gasteiger partial charge in [0.25, 0.3) is 0 Å². The highest BCUT2D eigenvalue weighted by atomic mass is 16.5. The molecular weight excluding hydrogens is 246 g/mol. The molecule has 0 bridgehead atoms. The Labute approximate surface area is 111 Å². The number of amides is 1. The first-order valence-electron chi connectivity index (χ1n) is 6.20. The molecule has 19 heavy (non-hydrogen) atoms. The number of hydrogen-bond donors (Lipinski definition) is 2. The number of hydrogen-bond acceptors (Lipinski definition) is 3. The van der Waals surface area contributed by atoms with Crippen LogP contribution in [0.1, 0.15) is 24.8 Å². The minimum absolute atomic E-state index is 0.122. The summed E-state index contributed by atoms with van der Waals surface area (Å²) >= 11 is 0. The molecule has 0 spiro atoms. The van der Waals surface area contributed by atoms with Crippen molar-refractivity contribution in [3.63, 3.8) is 0 Å². The van der Waals surface area contributed by atoms with Gasteiger partial charge in [0.2, 0.25) is 5.91 Å². The summed E-state index contributed by atoms with van der Waals surface area (Å²) in [7, 11) is 1.60. The molecule has 1 aliphatic rings. The summed E-state index contributed by atoms with van der Waals surface area (Å²) in [6.07, 6.45) is 0.735. The minimum Gasteiger partial charge on any atom is -0.496 e. The third-order valence-electron chi connectivity index (χ3n) is 3.39. The van der Waals surface area contributed by atoms with E-state index in [0.717, 1.165) is 17.7 Å². The second-order valence-corrected chi connectivity index (χ2v) is 4.76. The van der Waals surface area contributed by atoms with Crippen LogP contribution in [0, 0.1) is 5.92 Å². The lowest BCUT2D eigenvalue weighted by Gasteiger charge is -2.10. The van der Waals surface area contributed by atoms with Gasteiger partial charge in [-0.1, -0.05) is 18.2 Å². The van der Waals surface area contributed by atoms with Gasteiger partial charge in [-0.05, 0) is 30.9 Å². The van der Waals surface area contributed by atoms with Crippen molar-refractivity contribution in [1.29, 1.82) is 0 Å². The molecule has 0 saturated heterocycles.